The van der Waals surface area contributed by atoms with E-state index in [1.165, 1.54) is 4.90 Å². The topological polar surface area (TPSA) is 58.4 Å². The van der Waals surface area contributed by atoms with Crippen molar-refractivity contribution in [2.24, 2.45) is 5.92 Å². The van der Waals surface area contributed by atoms with E-state index in [9.17, 15) is 13.2 Å². The van der Waals surface area contributed by atoms with E-state index in [2.05, 4.69) is 20.5 Å². The molecule has 0 aromatic carbocycles. The summed E-state index contributed by atoms with van der Waals surface area (Å²) in [6, 6.07) is 0. The second kappa shape index (κ2) is 6.44. The molecule has 25 heavy (non-hydrogen) atoms. The van der Waals surface area contributed by atoms with Gasteiger partial charge in [0.1, 0.15) is 5.82 Å². The molecular formula is C16H21F3N6. The van der Waals surface area contributed by atoms with Gasteiger partial charge in [0.25, 0.3) is 0 Å². The van der Waals surface area contributed by atoms with Crippen molar-refractivity contribution in [3.63, 3.8) is 0 Å². The van der Waals surface area contributed by atoms with Crippen molar-refractivity contribution in [2.75, 3.05) is 31.5 Å². The average Bonchev–Trinajstić information content (AvgIpc) is 3.32. The lowest BCUT2D eigenvalue weighted by Crippen LogP contribution is -2.41. The van der Waals surface area contributed by atoms with Crippen LogP contribution in [-0.2, 0) is 0 Å². The van der Waals surface area contributed by atoms with Crippen LogP contribution < -0.4 is 5.32 Å². The number of nitrogens with one attached hydrogen (secondary N) is 1. The standard InChI is InChI=1S/C16H21F3N6/c17-16(18,19)10-24-6-3-11(4-7-24)9-21-13-15-23-22-14(12-1-2-12)25(15)8-5-20-13/h5,8,11-12H,1-4,6-7,9-10H2,(H,20,21). The minimum atomic E-state index is -4.11. The Kier molecular flexibility index (Phi) is 4.26. The number of halogens is 3. The van der Waals surface area contributed by atoms with E-state index in [0.29, 0.717) is 37.3 Å². The molecule has 2 aromatic heterocycles. The summed E-state index contributed by atoms with van der Waals surface area (Å²) >= 11 is 0. The number of hydrogen-bond acceptors (Lipinski definition) is 5. The van der Waals surface area contributed by atoms with Gasteiger partial charge in [-0.05, 0) is 44.7 Å². The Morgan fingerprint density at radius 2 is 1.88 bits per heavy atom. The van der Waals surface area contributed by atoms with E-state index in [1.54, 1.807) is 6.20 Å². The van der Waals surface area contributed by atoms with E-state index in [0.717, 1.165) is 37.2 Å². The zero-order valence-electron chi connectivity index (χ0n) is 13.8. The third-order valence-corrected chi connectivity index (χ3v) is 4.96. The van der Waals surface area contributed by atoms with Gasteiger partial charge in [-0.25, -0.2) is 4.98 Å². The molecule has 2 aromatic rings. The summed E-state index contributed by atoms with van der Waals surface area (Å²) in [5, 5.41) is 11.8. The van der Waals surface area contributed by atoms with Crippen LogP contribution in [0.15, 0.2) is 12.4 Å². The van der Waals surface area contributed by atoms with Crippen LogP contribution in [-0.4, -0.2) is 56.8 Å². The van der Waals surface area contributed by atoms with Crippen molar-refractivity contribution < 1.29 is 13.2 Å². The van der Waals surface area contributed by atoms with Crippen LogP contribution in [0.5, 0.6) is 0 Å². The van der Waals surface area contributed by atoms with Crippen molar-refractivity contribution in [1.29, 1.82) is 0 Å². The van der Waals surface area contributed by atoms with Gasteiger partial charge in [0.05, 0.1) is 6.54 Å². The summed E-state index contributed by atoms with van der Waals surface area (Å²) in [7, 11) is 0. The number of aromatic nitrogens is 4. The van der Waals surface area contributed by atoms with Gasteiger partial charge in [0.15, 0.2) is 5.82 Å². The molecule has 0 atom stereocenters. The predicted molar refractivity (Wildman–Crippen MR) is 86.5 cm³/mol. The van der Waals surface area contributed by atoms with Crippen LogP contribution >= 0.6 is 0 Å². The van der Waals surface area contributed by atoms with E-state index in [1.807, 2.05) is 10.6 Å². The molecule has 1 aliphatic heterocycles. The Balaban J connectivity index is 1.34. The highest BCUT2D eigenvalue weighted by Crippen LogP contribution is 2.39. The molecule has 1 aliphatic carbocycles. The Bertz CT molecular complexity index is 731. The van der Waals surface area contributed by atoms with Gasteiger partial charge in [-0.1, -0.05) is 0 Å². The van der Waals surface area contributed by atoms with E-state index < -0.39 is 12.7 Å². The zero-order valence-corrected chi connectivity index (χ0v) is 13.8. The molecule has 0 amide bonds. The molecule has 0 bridgehead atoms. The molecule has 0 unspecified atom stereocenters. The summed E-state index contributed by atoms with van der Waals surface area (Å²) in [5.41, 5.74) is 0.721. The number of rotatable bonds is 5. The molecule has 3 heterocycles. The normalized spacial score (nSPS) is 20.3. The van der Waals surface area contributed by atoms with Crippen LogP contribution in [0.1, 0.15) is 37.4 Å². The van der Waals surface area contributed by atoms with Gasteiger partial charge in [-0.15, -0.1) is 10.2 Å². The van der Waals surface area contributed by atoms with Gasteiger partial charge >= 0.3 is 6.18 Å². The second-order valence-corrected chi connectivity index (χ2v) is 7.02. The number of likely N-dealkylation sites (tertiary alicyclic amines) is 1. The van der Waals surface area contributed by atoms with Crippen molar-refractivity contribution in [3.8, 4) is 0 Å². The minimum Gasteiger partial charge on any atom is -0.367 e. The molecule has 0 spiro atoms. The fraction of sp³-hybridized carbons (Fsp3) is 0.688. The van der Waals surface area contributed by atoms with Gasteiger partial charge in [0.2, 0.25) is 5.65 Å². The summed E-state index contributed by atoms with van der Waals surface area (Å²) < 4.78 is 39.3. The van der Waals surface area contributed by atoms with Gasteiger partial charge in [0, 0.05) is 24.9 Å². The molecular weight excluding hydrogens is 333 g/mol. The molecule has 1 N–H and O–H groups in total. The molecule has 4 rings (SSSR count). The Labute approximate surface area is 143 Å². The first-order valence-corrected chi connectivity index (χ1v) is 8.72. The van der Waals surface area contributed by atoms with Crippen LogP contribution in [0.2, 0.25) is 0 Å². The summed E-state index contributed by atoms with van der Waals surface area (Å²) in [5.74, 6) is 2.53. The van der Waals surface area contributed by atoms with E-state index in [-0.39, 0.29) is 0 Å². The molecule has 2 fully saturated rings. The Morgan fingerprint density at radius 1 is 1.12 bits per heavy atom. The fourth-order valence-corrected chi connectivity index (χ4v) is 3.43. The monoisotopic (exact) mass is 354 g/mol. The summed E-state index contributed by atoms with van der Waals surface area (Å²) in [6.45, 7) is 0.857. The lowest BCUT2D eigenvalue weighted by atomic mass is 9.97. The van der Waals surface area contributed by atoms with Crippen LogP contribution in [0.25, 0.3) is 5.65 Å². The van der Waals surface area contributed by atoms with Gasteiger partial charge in [-0.3, -0.25) is 9.30 Å². The quantitative estimate of drug-likeness (QED) is 0.895. The van der Waals surface area contributed by atoms with Crippen LogP contribution in [0.4, 0.5) is 19.0 Å². The SMILES string of the molecule is FC(F)(F)CN1CCC(CNc2nccn3c(C4CC4)nnc23)CC1. The molecule has 1 saturated heterocycles. The third-order valence-electron chi connectivity index (χ3n) is 4.96. The Hall–Kier alpha value is -1.90. The molecule has 0 radical (unpaired) electrons. The van der Waals surface area contributed by atoms with Gasteiger partial charge in [-0.2, -0.15) is 13.2 Å². The molecule has 1 saturated carbocycles. The largest absolute Gasteiger partial charge is 0.401 e. The average molecular weight is 354 g/mol. The number of fused-ring (bicyclic) bond motifs is 1. The number of alkyl halides is 3. The molecule has 9 heteroatoms. The minimum absolute atomic E-state index is 0.345. The van der Waals surface area contributed by atoms with E-state index >= 15 is 0 Å². The fourth-order valence-electron chi connectivity index (χ4n) is 3.43. The highest BCUT2D eigenvalue weighted by molar-refractivity contribution is 5.62. The second-order valence-electron chi connectivity index (χ2n) is 7.02. The van der Waals surface area contributed by atoms with Crippen LogP contribution in [0, 0.1) is 5.92 Å². The highest BCUT2D eigenvalue weighted by atomic mass is 19.4. The first kappa shape index (κ1) is 16.6. The smallest absolute Gasteiger partial charge is 0.367 e. The maximum absolute atomic E-state index is 12.4. The lowest BCUT2D eigenvalue weighted by molar-refractivity contribution is -0.148. The van der Waals surface area contributed by atoms with Crippen molar-refractivity contribution in [1.82, 2.24) is 24.5 Å². The van der Waals surface area contributed by atoms with Crippen molar-refractivity contribution in [2.45, 2.75) is 37.8 Å². The maximum atomic E-state index is 12.4. The van der Waals surface area contributed by atoms with Crippen molar-refractivity contribution in [3.05, 3.63) is 18.2 Å². The third kappa shape index (κ3) is 3.86. The number of anilines is 1. The number of nitrogens with zero attached hydrogens (tertiary/aromatic N) is 5. The zero-order chi connectivity index (χ0) is 17.4. The summed E-state index contributed by atoms with van der Waals surface area (Å²) in [6.07, 6.45) is 3.32. The molecule has 2 aliphatic rings. The molecule has 6 nitrogen and oxygen atoms in total. The summed E-state index contributed by atoms with van der Waals surface area (Å²) in [4.78, 5) is 5.84. The maximum Gasteiger partial charge on any atom is 0.401 e. The molecule has 136 valence electrons. The Morgan fingerprint density at radius 3 is 2.56 bits per heavy atom. The van der Waals surface area contributed by atoms with Crippen molar-refractivity contribution >= 4 is 11.5 Å². The van der Waals surface area contributed by atoms with Gasteiger partial charge < -0.3 is 5.32 Å². The number of piperidine rings is 1. The number of hydrogen-bond donors (Lipinski definition) is 1. The van der Waals surface area contributed by atoms with Crippen LogP contribution in [0.3, 0.4) is 0 Å². The highest BCUT2D eigenvalue weighted by Gasteiger charge is 2.32. The lowest BCUT2D eigenvalue weighted by Gasteiger charge is -2.32. The first-order valence-electron chi connectivity index (χ1n) is 8.72. The van der Waals surface area contributed by atoms with E-state index in [4.69, 9.17) is 0 Å². The predicted octanol–water partition coefficient (Wildman–Crippen LogP) is 2.69. The first-order chi connectivity index (χ1) is 12.0.